The molecule has 0 bridgehead atoms. The maximum atomic E-state index is 2.35. The second-order valence-corrected chi connectivity index (χ2v) is 9.10. The molecule has 0 aliphatic heterocycles. The fraction of sp³-hybridized carbons (Fsp3) is 1.00. The lowest BCUT2D eigenvalue weighted by atomic mass is 10.0. The lowest BCUT2D eigenvalue weighted by Crippen LogP contribution is -2.63. The van der Waals surface area contributed by atoms with Crippen LogP contribution >= 0.6 is 0 Å². The Balaban J connectivity index is 3.73. The van der Waals surface area contributed by atoms with Crippen molar-refractivity contribution in [3.8, 4) is 0 Å². The van der Waals surface area contributed by atoms with Crippen LogP contribution in [0.3, 0.4) is 0 Å². The Morgan fingerprint density at radius 2 is 0.792 bits per heavy atom. The highest BCUT2D eigenvalue weighted by molar-refractivity contribution is 6.08. The van der Waals surface area contributed by atoms with Gasteiger partial charge in [0, 0.05) is 10.2 Å². The molecule has 0 radical (unpaired) electrons. The molecule has 0 amide bonds. The second kappa shape index (κ2) is 14.3. The minimum Gasteiger partial charge on any atom is -0.279 e. The zero-order valence-electron chi connectivity index (χ0n) is 18.0. The van der Waals surface area contributed by atoms with E-state index in [0.717, 1.165) is 0 Å². The molecule has 0 aromatic rings. The molecule has 0 fully saturated rings. The monoisotopic (exact) mass is 357 g/mol. The zero-order valence-corrected chi connectivity index (χ0v) is 20.0. The van der Waals surface area contributed by atoms with Gasteiger partial charge in [-0.05, 0) is 55.1 Å². The highest BCUT2D eigenvalue weighted by atomic mass is 28.1. The highest BCUT2D eigenvalue weighted by Gasteiger charge is 2.36. The number of hydrogen-bond acceptors (Lipinski definition) is 3. The fourth-order valence-electron chi connectivity index (χ4n) is 4.07. The van der Waals surface area contributed by atoms with Gasteiger partial charge in [-0.25, -0.2) is 0 Å². The van der Waals surface area contributed by atoms with E-state index in [1.54, 1.807) is 0 Å². The first-order valence-electron chi connectivity index (χ1n) is 10.4. The van der Waals surface area contributed by atoms with Gasteiger partial charge in [-0.2, -0.15) is 0 Å². The molecule has 0 N–H and O–H groups in total. The van der Waals surface area contributed by atoms with E-state index in [0.29, 0.717) is 0 Å². The first-order valence-corrected chi connectivity index (χ1v) is 11.8. The minimum atomic E-state index is 0.0426. The Labute approximate surface area is 156 Å². The SMILES string of the molecule is CN(C)C(CCCCCCCCCCCCC[SiH3])(N(C)C)N(C)C. The van der Waals surface area contributed by atoms with Crippen LogP contribution in [-0.2, 0) is 0 Å². The third-order valence-corrected chi connectivity index (χ3v) is 6.22. The summed E-state index contributed by atoms with van der Waals surface area (Å²) in [6.45, 7) is 0. The largest absolute Gasteiger partial charge is 0.279 e. The minimum absolute atomic E-state index is 0.0426. The van der Waals surface area contributed by atoms with Gasteiger partial charge in [-0.3, -0.25) is 14.7 Å². The van der Waals surface area contributed by atoms with E-state index in [-0.39, 0.29) is 5.79 Å². The average molecular weight is 358 g/mol. The van der Waals surface area contributed by atoms with E-state index >= 15 is 0 Å². The van der Waals surface area contributed by atoms with E-state index in [1.165, 1.54) is 93.3 Å². The van der Waals surface area contributed by atoms with Crippen LogP contribution < -0.4 is 0 Å². The Bertz CT molecular complexity index is 258. The van der Waals surface area contributed by atoms with Crippen molar-refractivity contribution >= 4 is 10.2 Å². The standard InChI is InChI=1S/C20H47N3Si/c1-21(2)20(22(3)4,23(5)6)18-16-14-12-10-8-7-9-11-13-15-17-19-24/h7-19H2,1-6,24H3. The molecule has 0 heterocycles. The lowest BCUT2D eigenvalue weighted by molar-refractivity contribution is -0.115. The van der Waals surface area contributed by atoms with Crippen LogP contribution in [0.2, 0.25) is 6.04 Å². The summed E-state index contributed by atoms with van der Waals surface area (Å²) in [6.07, 6.45) is 17.0. The van der Waals surface area contributed by atoms with Gasteiger partial charge < -0.3 is 0 Å². The second-order valence-electron chi connectivity index (χ2n) is 8.10. The van der Waals surface area contributed by atoms with Gasteiger partial charge in [0.25, 0.3) is 0 Å². The van der Waals surface area contributed by atoms with Crippen molar-refractivity contribution < 1.29 is 0 Å². The molecule has 0 rings (SSSR count). The number of unbranched alkanes of at least 4 members (excludes halogenated alkanes) is 10. The van der Waals surface area contributed by atoms with Crippen molar-refractivity contribution in [3.63, 3.8) is 0 Å². The van der Waals surface area contributed by atoms with Crippen LogP contribution in [0.15, 0.2) is 0 Å². The van der Waals surface area contributed by atoms with Crippen molar-refractivity contribution in [2.45, 2.75) is 88.9 Å². The number of rotatable bonds is 16. The molecule has 0 aliphatic carbocycles. The van der Waals surface area contributed by atoms with Gasteiger partial charge in [0.2, 0.25) is 0 Å². The van der Waals surface area contributed by atoms with Crippen LogP contribution in [0.1, 0.15) is 77.0 Å². The first-order chi connectivity index (χ1) is 11.4. The van der Waals surface area contributed by atoms with Gasteiger partial charge in [0.05, 0.1) is 0 Å². The van der Waals surface area contributed by atoms with Crippen LogP contribution in [0.25, 0.3) is 0 Å². The molecule has 146 valence electrons. The van der Waals surface area contributed by atoms with Crippen LogP contribution in [0, 0.1) is 0 Å². The normalized spacial score (nSPS) is 12.9. The number of nitrogens with zero attached hydrogens (tertiary/aromatic N) is 3. The number of hydrogen-bond donors (Lipinski definition) is 0. The third kappa shape index (κ3) is 8.98. The summed E-state index contributed by atoms with van der Waals surface area (Å²) in [7, 11) is 14.6. The summed E-state index contributed by atoms with van der Waals surface area (Å²) in [5.41, 5.74) is 0. The Morgan fingerprint density at radius 1 is 0.500 bits per heavy atom. The van der Waals surface area contributed by atoms with Crippen LogP contribution in [-0.4, -0.2) is 73.0 Å². The molecule has 0 spiro atoms. The van der Waals surface area contributed by atoms with Gasteiger partial charge in [0.15, 0.2) is 0 Å². The maximum Gasteiger partial charge on any atom is 0.129 e. The smallest absolute Gasteiger partial charge is 0.129 e. The molecule has 4 heteroatoms. The molecule has 3 nitrogen and oxygen atoms in total. The third-order valence-electron chi connectivity index (χ3n) is 5.51. The summed E-state index contributed by atoms with van der Waals surface area (Å²) in [6, 6.07) is 1.50. The van der Waals surface area contributed by atoms with E-state index in [9.17, 15) is 0 Å². The van der Waals surface area contributed by atoms with Crippen molar-refractivity contribution in [2.24, 2.45) is 0 Å². The van der Waals surface area contributed by atoms with E-state index in [1.807, 2.05) is 0 Å². The molecule has 0 atom stereocenters. The molecule has 0 aromatic heterocycles. The molecule has 0 saturated heterocycles. The molecular weight excluding hydrogens is 310 g/mol. The molecule has 0 unspecified atom stereocenters. The Kier molecular flexibility index (Phi) is 14.3. The maximum absolute atomic E-state index is 2.35. The van der Waals surface area contributed by atoms with E-state index in [2.05, 4.69) is 57.0 Å². The summed E-state index contributed by atoms with van der Waals surface area (Å²) in [5, 5.41) is 0. The van der Waals surface area contributed by atoms with Gasteiger partial charge in [-0.1, -0.05) is 70.3 Å². The van der Waals surface area contributed by atoms with Gasteiger partial charge in [-0.15, -0.1) is 0 Å². The predicted octanol–water partition coefficient (Wildman–Crippen LogP) is 3.79. The summed E-state index contributed by atoms with van der Waals surface area (Å²) < 4.78 is 0. The molecular formula is C20H47N3Si. The van der Waals surface area contributed by atoms with Crippen molar-refractivity contribution in [2.75, 3.05) is 42.3 Å². The van der Waals surface area contributed by atoms with Gasteiger partial charge in [0.1, 0.15) is 5.79 Å². The molecule has 0 aromatic carbocycles. The van der Waals surface area contributed by atoms with Crippen molar-refractivity contribution in [1.29, 1.82) is 0 Å². The summed E-state index contributed by atoms with van der Waals surface area (Å²) in [4.78, 5) is 7.06. The molecule has 0 aliphatic rings. The van der Waals surface area contributed by atoms with Crippen molar-refractivity contribution in [3.05, 3.63) is 0 Å². The Morgan fingerprint density at radius 3 is 1.08 bits per heavy atom. The van der Waals surface area contributed by atoms with E-state index < -0.39 is 0 Å². The van der Waals surface area contributed by atoms with Crippen molar-refractivity contribution in [1.82, 2.24) is 14.7 Å². The topological polar surface area (TPSA) is 9.72 Å². The summed E-state index contributed by atoms with van der Waals surface area (Å²) in [5.74, 6) is 0.0426. The highest BCUT2D eigenvalue weighted by Crippen LogP contribution is 2.25. The van der Waals surface area contributed by atoms with Crippen LogP contribution in [0.5, 0.6) is 0 Å². The Hall–Kier alpha value is 0.0969. The molecule has 0 saturated carbocycles. The predicted molar refractivity (Wildman–Crippen MR) is 114 cm³/mol. The van der Waals surface area contributed by atoms with E-state index in [4.69, 9.17) is 0 Å². The average Bonchev–Trinajstić information content (AvgIpc) is 2.51. The van der Waals surface area contributed by atoms with Crippen LogP contribution in [0.4, 0.5) is 0 Å². The summed E-state index contributed by atoms with van der Waals surface area (Å²) >= 11 is 0. The van der Waals surface area contributed by atoms with Gasteiger partial charge >= 0.3 is 0 Å². The lowest BCUT2D eigenvalue weighted by Gasteiger charge is -2.50. The molecule has 24 heavy (non-hydrogen) atoms. The zero-order chi connectivity index (χ0) is 18.4. The quantitative estimate of drug-likeness (QED) is 0.236. The first kappa shape index (κ1) is 24.1. The fourth-order valence-corrected chi connectivity index (χ4v) is 4.57.